The van der Waals surface area contributed by atoms with Gasteiger partial charge in [-0.25, -0.2) is 0 Å². The molecule has 1 unspecified atom stereocenters. The zero-order valence-electron chi connectivity index (χ0n) is 18.7. The number of carbonyl (C=O) groups excluding carboxylic acids is 1. The molecule has 1 spiro atoms. The number of piperidine rings is 1. The number of nitrogens with zero attached hydrogens (tertiary/aromatic N) is 3. The van der Waals surface area contributed by atoms with Crippen LogP contribution in [0.4, 0.5) is 0 Å². The SMILES string of the molecule is Cc1cc(C)c(CN2CCC3(CCC(CNC(=O)c4ccn(C)n4)O3)CC2)cc1C. The lowest BCUT2D eigenvalue weighted by Gasteiger charge is -2.39. The second kappa shape index (κ2) is 8.52. The van der Waals surface area contributed by atoms with Gasteiger partial charge in [0.05, 0.1) is 11.7 Å². The quantitative estimate of drug-likeness (QED) is 0.822. The molecule has 0 bridgehead atoms. The van der Waals surface area contributed by atoms with E-state index in [1.807, 2.05) is 7.05 Å². The Bertz CT molecular complexity index is 912. The molecule has 4 rings (SSSR count). The second-order valence-electron chi connectivity index (χ2n) is 9.19. The number of aromatic nitrogens is 2. The van der Waals surface area contributed by atoms with Crippen LogP contribution in [0.15, 0.2) is 24.4 Å². The maximum atomic E-state index is 12.2. The predicted octanol–water partition coefficient (Wildman–Crippen LogP) is 3.29. The van der Waals surface area contributed by atoms with E-state index < -0.39 is 0 Å². The van der Waals surface area contributed by atoms with Crippen LogP contribution in [-0.4, -0.2) is 51.9 Å². The molecule has 6 nitrogen and oxygen atoms in total. The van der Waals surface area contributed by atoms with Gasteiger partial charge < -0.3 is 10.1 Å². The van der Waals surface area contributed by atoms with Crippen molar-refractivity contribution >= 4 is 5.91 Å². The summed E-state index contributed by atoms with van der Waals surface area (Å²) < 4.78 is 8.11. The molecule has 2 aliphatic rings. The number of hydrogen-bond donors (Lipinski definition) is 1. The zero-order valence-corrected chi connectivity index (χ0v) is 18.7. The first-order valence-corrected chi connectivity index (χ1v) is 11.1. The summed E-state index contributed by atoms with van der Waals surface area (Å²) in [5.74, 6) is -0.126. The number of rotatable bonds is 5. The molecule has 1 N–H and O–H groups in total. The number of amides is 1. The summed E-state index contributed by atoms with van der Waals surface area (Å²) in [4.78, 5) is 14.8. The summed E-state index contributed by atoms with van der Waals surface area (Å²) >= 11 is 0. The van der Waals surface area contributed by atoms with Crippen molar-refractivity contribution in [3.8, 4) is 0 Å². The molecule has 0 aliphatic carbocycles. The first-order valence-electron chi connectivity index (χ1n) is 11.1. The summed E-state index contributed by atoms with van der Waals surface area (Å²) in [6, 6.07) is 6.39. The average molecular weight is 411 g/mol. The van der Waals surface area contributed by atoms with Crippen molar-refractivity contribution in [2.75, 3.05) is 19.6 Å². The highest BCUT2D eigenvalue weighted by atomic mass is 16.5. The largest absolute Gasteiger partial charge is 0.370 e. The van der Waals surface area contributed by atoms with Crippen molar-refractivity contribution in [2.45, 2.75) is 64.7 Å². The maximum Gasteiger partial charge on any atom is 0.271 e. The van der Waals surface area contributed by atoms with Gasteiger partial charge in [0.1, 0.15) is 5.69 Å². The maximum absolute atomic E-state index is 12.2. The highest BCUT2D eigenvalue weighted by Crippen LogP contribution is 2.39. The van der Waals surface area contributed by atoms with Crippen LogP contribution < -0.4 is 5.32 Å². The van der Waals surface area contributed by atoms with E-state index in [1.165, 1.54) is 22.3 Å². The van der Waals surface area contributed by atoms with Crippen LogP contribution in [0.3, 0.4) is 0 Å². The molecule has 2 aliphatic heterocycles. The van der Waals surface area contributed by atoms with Gasteiger partial charge >= 0.3 is 0 Å². The van der Waals surface area contributed by atoms with Crippen LogP contribution in [0, 0.1) is 20.8 Å². The molecule has 30 heavy (non-hydrogen) atoms. The molecule has 3 heterocycles. The standard InChI is InChI=1S/C24H34N4O2/c1-17-13-19(3)20(14-18(17)2)16-28-11-8-24(9-12-28)7-5-21(30-24)15-25-23(29)22-6-10-27(4)26-22/h6,10,13-14,21H,5,7-9,11-12,15-16H2,1-4H3,(H,25,29). The van der Waals surface area contributed by atoms with Crippen LogP contribution in [0.2, 0.25) is 0 Å². The van der Waals surface area contributed by atoms with E-state index in [2.05, 4.69) is 48.2 Å². The van der Waals surface area contributed by atoms with Crippen LogP contribution in [0.25, 0.3) is 0 Å². The molecule has 1 atom stereocenters. The van der Waals surface area contributed by atoms with E-state index in [1.54, 1.807) is 16.9 Å². The van der Waals surface area contributed by atoms with Crippen molar-refractivity contribution in [3.05, 3.63) is 52.3 Å². The fourth-order valence-electron chi connectivity index (χ4n) is 4.79. The molecule has 2 aromatic rings. The number of likely N-dealkylation sites (tertiary alicyclic amines) is 1. The lowest BCUT2D eigenvalue weighted by molar-refractivity contribution is -0.0764. The van der Waals surface area contributed by atoms with E-state index in [-0.39, 0.29) is 17.6 Å². The van der Waals surface area contributed by atoms with Gasteiger partial charge in [-0.3, -0.25) is 14.4 Å². The Morgan fingerprint density at radius 3 is 2.60 bits per heavy atom. The van der Waals surface area contributed by atoms with Crippen LogP contribution in [0.5, 0.6) is 0 Å². The van der Waals surface area contributed by atoms with Gasteiger partial charge in [0.15, 0.2) is 0 Å². The topological polar surface area (TPSA) is 59.4 Å². The first-order chi connectivity index (χ1) is 14.3. The number of aryl methyl sites for hydroxylation is 4. The van der Waals surface area contributed by atoms with E-state index in [0.717, 1.165) is 45.3 Å². The Balaban J connectivity index is 1.26. The van der Waals surface area contributed by atoms with E-state index in [9.17, 15) is 4.79 Å². The third-order valence-electron chi connectivity index (χ3n) is 6.89. The van der Waals surface area contributed by atoms with Gasteiger partial charge in [0.25, 0.3) is 5.91 Å². The van der Waals surface area contributed by atoms with Gasteiger partial charge in [-0.2, -0.15) is 5.10 Å². The average Bonchev–Trinajstić information content (AvgIpc) is 3.33. The molecule has 1 aromatic carbocycles. The Labute approximate surface area is 179 Å². The zero-order chi connectivity index (χ0) is 21.3. The number of ether oxygens (including phenoxy) is 1. The summed E-state index contributed by atoms with van der Waals surface area (Å²) in [6.07, 6.45) is 6.13. The van der Waals surface area contributed by atoms with E-state index in [4.69, 9.17) is 4.74 Å². The summed E-state index contributed by atoms with van der Waals surface area (Å²) in [5.41, 5.74) is 6.03. The Kier molecular flexibility index (Phi) is 5.98. The monoisotopic (exact) mass is 410 g/mol. The van der Waals surface area contributed by atoms with Crippen LogP contribution >= 0.6 is 0 Å². The number of carbonyl (C=O) groups is 1. The molecular formula is C24H34N4O2. The van der Waals surface area contributed by atoms with Gasteiger partial charge in [0.2, 0.25) is 0 Å². The van der Waals surface area contributed by atoms with Crippen LogP contribution in [0.1, 0.15) is 58.4 Å². The van der Waals surface area contributed by atoms with Crippen molar-refractivity contribution < 1.29 is 9.53 Å². The van der Waals surface area contributed by atoms with Crippen molar-refractivity contribution in [1.82, 2.24) is 20.0 Å². The van der Waals surface area contributed by atoms with Crippen LogP contribution in [-0.2, 0) is 18.3 Å². The second-order valence-corrected chi connectivity index (χ2v) is 9.19. The summed E-state index contributed by atoms with van der Waals surface area (Å²) in [6.45, 7) is 10.3. The molecule has 1 aromatic heterocycles. The highest BCUT2D eigenvalue weighted by Gasteiger charge is 2.42. The van der Waals surface area contributed by atoms with Gasteiger partial charge in [0, 0.05) is 39.4 Å². The molecule has 1 amide bonds. The molecule has 6 heteroatoms. The van der Waals surface area contributed by atoms with E-state index in [0.29, 0.717) is 12.2 Å². The minimum atomic E-state index is -0.126. The van der Waals surface area contributed by atoms with Crippen molar-refractivity contribution in [3.63, 3.8) is 0 Å². The first kappa shape index (κ1) is 21.1. The smallest absolute Gasteiger partial charge is 0.271 e. The third kappa shape index (κ3) is 4.60. The molecule has 2 saturated heterocycles. The number of hydrogen-bond acceptors (Lipinski definition) is 4. The minimum Gasteiger partial charge on any atom is -0.370 e. The lowest BCUT2D eigenvalue weighted by Crippen LogP contribution is -2.45. The lowest BCUT2D eigenvalue weighted by atomic mass is 9.88. The Morgan fingerprint density at radius 2 is 1.90 bits per heavy atom. The van der Waals surface area contributed by atoms with E-state index >= 15 is 0 Å². The van der Waals surface area contributed by atoms with Gasteiger partial charge in [-0.15, -0.1) is 0 Å². The highest BCUT2D eigenvalue weighted by molar-refractivity contribution is 5.92. The molecule has 0 saturated carbocycles. The fraction of sp³-hybridized carbons (Fsp3) is 0.583. The normalized spacial score (nSPS) is 21.3. The third-order valence-corrected chi connectivity index (χ3v) is 6.89. The molecular weight excluding hydrogens is 376 g/mol. The summed E-state index contributed by atoms with van der Waals surface area (Å²) in [5, 5.41) is 7.14. The molecule has 0 radical (unpaired) electrons. The Morgan fingerprint density at radius 1 is 1.17 bits per heavy atom. The summed E-state index contributed by atoms with van der Waals surface area (Å²) in [7, 11) is 1.81. The number of benzene rings is 1. The van der Waals surface area contributed by atoms with Crippen molar-refractivity contribution in [2.24, 2.45) is 7.05 Å². The van der Waals surface area contributed by atoms with Gasteiger partial charge in [-0.1, -0.05) is 12.1 Å². The molecule has 2 fully saturated rings. The number of nitrogens with one attached hydrogen (secondary N) is 1. The molecule has 162 valence electrons. The Hall–Kier alpha value is -2.18. The fourth-order valence-corrected chi connectivity index (χ4v) is 4.79. The van der Waals surface area contributed by atoms with Crippen molar-refractivity contribution in [1.29, 1.82) is 0 Å². The predicted molar refractivity (Wildman–Crippen MR) is 118 cm³/mol. The van der Waals surface area contributed by atoms with Gasteiger partial charge in [-0.05, 0) is 74.8 Å². The minimum absolute atomic E-state index is 0.00483.